The van der Waals surface area contributed by atoms with Gasteiger partial charge in [-0.2, -0.15) is 5.26 Å². The number of cyclic esters (lactones) is 1. The molecule has 1 aromatic carbocycles. The van der Waals surface area contributed by atoms with Crippen LogP contribution in [0, 0.1) is 34.8 Å². The average molecular weight is 452 g/mol. The maximum Gasteiger partial charge on any atom is 0.414 e. The molecule has 8 nitrogen and oxygen atoms in total. The molecular weight excluding hydrogens is 430 g/mol. The molecule has 1 aromatic heterocycles. The van der Waals surface area contributed by atoms with Gasteiger partial charge in [0, 0.05) is 49.1 Å². The quantitative estimate of drug-likeness (QED) is 0.614. The summed E-state index contributed by atoms with van der Waals surface area (Å²) in [5, 5.41) is 15.9. The summed E-state index contributed by atoms with van der Waals surface area (Å²) in [6.07, 6.45) is 3.05. The van der Waals surface area contributed by atoms with E-state index >= 15 is 0 Å². The van der Waals surface area contributed by atoms with Crippen LogP contribution in [-0.2, 0) is 10.2 Å². The van der Waals surface area contributed by atoms with Gasteiger partial charge in [-0.3, -0.25) is 9.88 Å². The zero-order valence-electron chi connectivity index (χ0n) is 17.6. The molecule has 10 heteroatoms. The second-order valence-corrected chi connectivity index (χ2v) is 8.45. The van der Waals surface area contributed by atoms with Crippen molar-refractivity contribution in [2.45, 2.75) is 11.5 Å². The van der Waals surface area contributed by atoms with E-state index in [1.807, 2.05) is 0 Å². The molecule has 3 atom stereocenters. The summed E-state index contributed by atoms with van der Waals surface area (Å²) >= 11 is 0. The minimum atomic E-state index is -0.817. The molecule has 33 heavy (non-hydrogen) atoms. The van der Waals surface area contributed by atoms with Crippen molar-refractivity contribution in [2.75, 3.05) is 31.1 Å². The van der Waals surface area contributed by atoms with Crippen LogP contribution in [0.2, 0.25) is 0 Å². The number of ether oxygens (including phenoxy) is 1. The van der Waals surface area contributed by atoms with E-state index in [1.54, 1.807) is 12.1 Å². The van der Waals surface area contributed by atoms with Gasteiger partial charge in [-0.1, -0.05) is 6.07 Å². The number of nitrogens with zero attached hydrogens (tertiary/aromatic N) is 3. The van der Waals surface area contributed by atoms with Gasteiger partial charge in [0.25, 0.3) is 0 Å². The Bertz CT molecular complexity index is 1130. The van der Waals surface area contributed by atoms with Gasteiger partial charge >= 0.3 is 6.09 Å². The molecule has 3 aliphatic rings. The number of rotatable bonds is 6. The minimum Gasteiger partial charge on any atom is -0.442 e. The number of anilines is 1. The topological polar surface area (TPSA) is 116 Å². The second kappa shape index (κ2) is 8.01. The molecule has 3 heterocycles. The number of nitrogens with one attached hydrogen (secondary N) is 2. The monoisotopic (exact) mass is 452 g/mol. The van der Waals surface area contributed by atoms with Crippen molar-refractivity contribution in [3.63, 3.8) is 0 Å². The van der Waals surface area contributed by atoms with Crippen molar-refractivity contribution < 1.29 is 18.3 Å². The number of aromatic nitrogens is 1. The third-order valence-electron chi connectivity index (χ3n) is 6.71. The first-order valence-electron chi connectivity index (χ1n) is 10.7. The number of halogens is 2. The maximum absolute atomic E-state index is 15.0. The standard InChI is InChI=1S/C23H22F2N6O2/c24-18-5-14(31-11-15(33-22(31)32)8-28-4-3-26)6-19(25)21(18)13-1-2-20(30-7-13)23(12-27)16-9-29-10-17(16)23/h1-7,15-17,28-29H,8-11,26H2. The molecule has 0 radical (unpaired) electrons. The molecule has 2 saturated heterocycles. The Balaban J connectivity index is 1.36. The van der Waals surface area contributed by atoms with Gasteiger partial charge in [0.05, 0.1) is 36.1 Å². The van der Waals surface area contributed by atoms with Gasteiger partial charge < -0.3 is 21.1 Å². The number of pyridine rings is 1. The lowest BCUT2D eigenvalue weighted by atomic mass is 9.95. The van der Waals surface area contributed by atoms with Gasteiger partial charge in [-0.05, 0) is 18.2 Å². The highest BCUT2D eigenvalue weighted by Gasteiger charge is 2.69. The van der Waals surface area contributed by atoms with Crippen LogP contribution in [0.25, 0.3) is 11.1 Å². The van der Waals surface area contributed by atoms with E-state index in [-0.39, 0.29) is 35.2 Å². The number of nitrogens with two attached hydrogens (primary N) is 1. The Kier molecular flexibility index (Phi) is 5.13. The number of hydrogen-bond acceptors (Lipinski definition) is 7. The van der Waals surface area contributed by atoms with Crippen molar-refractivity contribution in [1.29, 1.82) is 5.26 Å². The van der Waals surface area contributed by atoms with E-state index in [0.29, 0.717) is 12.2 Å². The first-order chi connectivity index (χ1) is 16.0. The molecule has 2 aliphatic heterocycles. The predicted molar refractivity (Wildman–Crippen MR) is 116 cm³/mol. The first-order valence-corrected chi connectivity index (χ1v) is 10.7. The largest absolute Gasteiger partial charge is 0.442 e. The summed E-state index contributed by atoms with van der Waals surface area (Å²) < 4.78 is 35.2. The smallest absolute Gasteiger partial charge is 0.414 e. The number of benzene rings is 1. The Hall–Kier alpha value is -3.71. The SMILES string of the molecule is N#CC1(c2ccc(-c3c(F)cc(N4CC(CNC=CN)OC4=O)cc3F)cn2)C2CNCC21. The summed E-state index contributed by atoms with van der Waals surface area (Å²) in [5.41, 5.74) is 5.36. The zero-order chi connectivity index (χ0) is 23.2. The van der Waals surface area contributed by atoms with Crippen molar-refractivity contribution in [3.05, 3.63) is 60.2 Å². The molecule has 0 spiro atoms. The number of piperidine rings is 1. The Morgan fingerprint density at radius 1 is 1.33 bits per heavy atom. The number of amides is 1. The molecule has 3 unspecified atom stereocenters. The third-order valence-corrected chi connectivity index (χ3v) is 6.71. The summed E-state index contributed by atoms with van der Waals surface area (Å²) in [6.45, 7) is 2.00. The molecule has 5 rings (SSSR count). The van der Waals surface area contributed by atoms with Crippen molar-refractivity contribution in [3.8, 4) is 17.2 Å². The molecule has 170 valence electrons. The van der Waals surface area contributed by atoms with Gasteiger partial charge in [0.2, 0.25) is 0 Å². The van der Waals surface area contributed by atoms with E-state index in [0.717, 1.165) is 25.2 Å². The fourth-order valence-corrected chi connectivity index (χ4v) is 5.03. The average Bonchev–Trinajstić information content (AvgIpc) is 3.10. The molecule has 1 amide bonds. The Morgan fingerprint density at radius 2 is 2.06 bits per heavy atom. The third kappa shape index (κ3) is 3.36. The molecule has 4 N–H and O–H groups in total. The van der Waals surface area contributed by atoms with Crippen molar-refractivity contribution in [1.82, 2.24) is 15.6 Å². The lowest BCUT2D eigenvalue weighted by Gasteiger charge is -2.16. The molecule has 1 aliphatic carbocycles. The van der Waals surface area contributed by atoms with Gasteiger partial charge in [0.15, 0.2) is 0 Å². The van der Waals surface area contributed by atoms with Crippen LogP contribution in [0.15, 0.2) is 42.9 Å². The zero-order valence-corrected chi connectivity index (χ0v) is 17.6. The van der Waals surface area contributed by atoms with Crippen LogP contribution in [0.1, 0.15) is 5.69 Å². The molecule has 1 saturated carbocycles. The fourth-order valence-electron chi connectivity index (χ4n) is 5.03. The van der Waals surface area contributed by atoms with Crippen LogP contribution < -0.4 is 21.3 Å². The molecule has 0 bridgehead atoms. The van der Waals surface area contributed by atoms with Gasteiger partial charge in [0.1, 0.15) is 23.2 Å². The summed E-state index contributed by atoms with van der Waals surface area (Å²) in [5.74, 6) is -1.19. The van der Waals surface area contributed by atoms with Crippen LogP contribution in [-0.4, -0.2) is 43.4 Å². The van der Waals surface area contributed by atoms with E-state index in [1.165, 1.54) is 23.5 Å². The second-order valence-electron chi connectivity index (χ2n) is 8.45. The van der Waals surface area contributed by atoms with E-state index in [4.69, 9.17) is 10.5 Å². The van der Waals surface area contributed by atoms with Gasteiger partial charge in [-0.15, -0.1) is 0 Å². The van der Waals surface area contributed by atoms with E-state index < -0.39 is 29.2 Å². The maximum atomic E-state index is 15.0. The lowest BCUT2D eigenvalue weighted by Crippen LogP contribution is -2.29. The first kappa shape index (κ1) is 21.2. The Labute approximate surface area is 189 Å². The summed E-state index contributed by atoms with van der Waals surface area (Å²) in [4.78, 5) is 17.8. The Morgan fingerprint density at radius 3 is 2.67 bits per heavy atom. The highest BCUT2D eigenvalue weighted by atomic mass is 19.1. The van der Waals surface area contributed by atoms with E-state index in [9.17, 15) is 18.8 Å². The number of carbonyl (C=O) groups excluding carboxylic acids is 1. The number of nitriles is 1. The van der Waals surface area contributed by atoms with Crippen LogP contribution >= 0.6 is 0 Å². The summed E-state index contributed by atoms with van der Waals surface area (Å²) in [7, 11) is 0. The molecule has 2 aromatic rings. The fraction of sp³-hybridized carbons (Fsp3) is 0.348. The minimum absolute atomic E-state index is 0.0712. The number of carbonyl (C=O) groups is 1. The summed E-state index contributed by atoms with van der Waals surface area (Å²) in [6, 6.07) is 7.88. The van der Waals surface area contributed by atoms with Crippen LogP contribution in [0.3, 0.4) is 0 Å². The normalized spacial score (nSPS) is 28.0. The van der Waals surface area contributed by atoms with Crippen molar-refractivity contribution in [2.24, 2.45) is 17.6 Å². The number of hydrogen-bond donors (Lipinski definition) is 3. The highest BCUT2D eigenvalue weighted by Crippen LogP contribution is 2.60. The van der Waals surface area contributed by atoms with Crippen LogP contribution in [0.4, 0.5) is 19.3 Å². The van der Waals surface area contributed by atoms with Crippen molar-refractivity contribution >= 4 is 11.8 Å². The lowest BCUT2D eigenvalue weighted by molar-refractivity contribution is 0.142. The predicted octanol–water partition coefficient (Wildman–Crippen LogP) is 1.98. The molecule has 3 fully saturated rings. The van der Waals surface area contributed by atoms with E-state index in [2.05, 4.69) is 21.7 Å². The molecular formula is C23H22F2N6O2. The highest BCUT2D eigenvalue weighted by molar-refractivity contribution is 5.90. The van der Waals surface area contributed by atoms with Crippen LogP contribution in [0.5, 0.6) is 0 Å². The van der Waals surface area contributed by atoms with Gasteiger partial charge in [-0.25, -0.2) is 13.6 Å². The number of fused-ring (bicyclic) bond motifs is 1.